The molecule has 10 heavy (non-hydrogen) atoms. The lowest BCUT2D eigenvalue weighted by molar-refractivity contribution is 0.176. The second-order valence-electron chi connectivity index (χ2n) is 2.05. The molecule has 0 amide bonds. The molecule has 0 aliphatic carbocycles. The van der Waals surface area contributed by atoms with Gasteiger partial charge >= 0.3 is 0 Å². The summed E-state index contributed by atoms with van der Waals surface area (Å²) >= 11 is 5.62. The van der Waals surface area contributed by atoms with Crippen molar-refractivity contribution in [2.24, 2.45) is 10.9 Å². The average molecular weight is 161 g/mol. The molecular weight excluding hydrogens is 152 g/mol. The van der Waals surface area contributed by atoms with Crippen molar-refractivity contribution in [1.29, 1.82) is 0 Å². The van der Waals surface area contributed by atoms with E-state index in [1.54, 1.807) is 0 Å². The first-order valence-electron chi connectivity index (χ1n) is 3.06. The highest BCUT2D eigenvalue weighted by Crippen LogP contribution is 2.13. The van der Waals surface area contributed by atoms with E-state index >= 15 is 0 Å². The van der Waals surface area contributed by atoms with Gasteiger partial charge in [-0.3, -0.25) is 4.84 Å². The van der Waals surface area contributed by atoms with E-state index in [-0.39, 0.29) is 0 Å². The van der Waals surface area contributed by atoms with Crippen LogP contribution >= 0.6 is 11.6 Å². The lowest BCUT2D eigenvalue weighted by Gasteiger charge is -2.06. The number of hydrogen-bond donors (Lipinski definition) is 1. The molecule has 0 radical (unpaired) electrons. The summed E-state index contributed by atoms with van der Waals surface area (Å²) < 4.78 is 0. The van der Waals surface area contributed by atoms with Gasteiger partial charge in [-0.05, 0) is 18.9 Å². The smallest absolute Gasteiger partial charge is 0.125 e. The van der Waals surface area contributed by atoms with Gasteiger partial charge in [0.15, 0.2) is 0 Å². The zero-order valence-corrected chi connectivity index (χ0v) is 6.27. The van der Waals surface area contributed by atoms with E-state index in [1.807, 2.05) is 6.08 Å². The predicted octanol–water partition coefficient (Wildman–Crippen LogP) is 1.19. The summed E-state index contributed by atoms with van der Waals surface area (Å²) in [5.41, 5.74) is 0.912. The molecule has 4 heteroatoms. The standard InChI is InChI=1S/C6H9ClN2O/c7-6-3-1-2-5(9-6)4-10-8/h3H,1-2,4,8H2. The third-order valence-electron chi connectivity index (χ3n) is 1.26. The summed E-state index contributed by atoms with van der Waals surface area (Å²) in [6.07, 6.45) is 3.70. The van der Waals surface area contributed by atoms with Crippen LogP contribution in [0.15, 0.2) is 16.2 Å². The molecule has 1 rings (SSSR count). The van der Waals surface area contributed by atoms with Crippen molar-refractivity contribution in [3.05, 3.63) is 11.2 Å². The molecule has 2 N–H and O–H groups in total. The van der Waals surface area contributed by atoms with Crippen LogP contribution in [0.5, 0.6) is 0 Å². The molecule has 1 heterocycles. The van der Waals surface area contributed by atoms with E-state index in [0.717, 1.165) is 18.6 Å². The molecule has 0 saturated carbocycles. The Morgan fingerprint density at radius 3 is 3.20 bits per heavy atom. The highest BCUT2D eigenvalue weighted by molar-refractivity contribution is 6.30. The summed E-state index contributed by atoms with van der Waals surface area (Å²) in [6.45, 7) is 0.379. The van der Waals surface area contributed by atoms with Crippen LogP contribution in [0, 0.1) is 0 Å². The van der Waals surface area contributed by atoms with E-state index in [2.05, 4.69) is 9.83 Å². The quantitative estimate of drug-likeness (QED) is 0.487. The minimum Gasteiger partial charge on any atom is -0.299 e. The van der Waals surface area contributed by atoms with Crippen molar-refractivity contribution in [2.75, 3.05) is 6.61 Å². The van der Waals surface area contributed by atoms with E-state index < -0.39 is 0 Å². The minimum atomic E-state index is 0.379. The Morgan fingerprint density at radius 1 is 1.80 bits per heavy atom. The Labute approximate surface area is 64.5 Å². The van der Waals surface area contributed by atoms with Crippen LogP contribution in [-0.4, -0.2) is 12.3 Å². The SMILES string of the molecule is NOCC1=NC(Cl)=CCC1. The van der Waals surface area contributed by atoms with Crippen molar-refractivity contribution >= 4 is 17.3 Å². The van der Waals surface area contributed by atoms with Gasteiger partial charge in [-0.1, -0.05) is 11.6 Å². The number of allylic oxidation sites excluding steroid dienone is 1. The molecule has 0 fully saturated rings. The molecule has 0 aromatic carbocycles. The number of halogens is 1. The Hall–Kier alpha value is -0.380. The maximum Gasteiger partial charge on any atom is 0.125 e. The molecular formula is C6H9ClN2O. The van der Waals surface area contributed by atoms with E-state index in [9.17, 15) is 0 Å². The van der Waals surface area contributed by atoms with Gasteiger partial charge in [-0.15, -0.1) is 0 Å². The van der Waals surface area contributed by atoms with Crippen molar-refractivity contribution < 1.29 is 4.84 Å². The zero-order valence-electron chi connectivity index (χ0n) is 5.51. The van der Waals surface area contributed by atoms with Gasteiger partial charge in [-0.2, -0.15) is 0 Å². The third-order valence-corrected chi connectivity index (χ3v) is 1.50. The molecule has 56 valence electrons. The van der Waals surface area contributed by atoms with Crippen LogP contribution in [-0.2, 0) is 4.84 Å². The Balaban J connectivity index is 2.51. The number of nitrogens with zero attached hydrogens (tertiary/aromatic N) is 1. The highest BCUT2D eigenvalue weighted by atomic mass is 35.5. The maximum absolute atomic E-state index is 5.62. The molecule has 1 aliphatic heterocycles. The molecule has 0 unspecified atom stereocenters. The first-order chi connectivity index (χ1) is 4.83. The van der Waals surface area contributed by atoms with Gasteiger partial charge in [0.05, 0.1) is 0 Å². The van der Waals surface area contributed by atoms with E-state index in [4.69, 9.17) is 17.5 Å². The molecule has 0 aromatic rings. The van der Waals surface area contributed by atoms with Crippen molar-refractivity contribution in [3.8, 4) is 0 Å². The van der Waals surface area contributed by atoms with Gasteiger partial charge in [0.2, 0.25) is 0 Å². The third kappa shape index (κ3) is 2.10. The van der Waals surface area contributed by atoms with Gasteiger partial charge in [0, 0.05) is 5.71 Å². The Kier molecular flexibility index (Phi) is 2.86. The van der Waals surface area contributed by atoms with Crippen LogP contribution < -0.4 is 5.90 Å². The van der Waals surface area contributed by atoms with Crippen molar-refractivity contribution in [1.82, 2.24) is 0 Å². The second-order valence-corrected chi connectivity index (χ2v) is 2.44. The lowest BCUT2D eigenvalue weighted by Crippen LogP contribution is -2.13. The Morgan fingerprint density at radius 2 is 2.60 bits per heavy atom. The topological polar surface area (TPSA) is 47.6 Å². The molecule has 0 spiro atoms. The van der Waals surface area contributed by atoms with Crippen molar-refractivity contribution in [3.63, 3.8) is 0 Å². The summed E-state index contributed by atoms with van der Waals surface area (Å²) in [5.74, 6) is 4.86. The van der Waals surface area contributed by atoms with E-state index in [0.29, 0.717) is 11.8 Å². The number of aliphatic imine (C=N–C) groups is 1. The fraction of sp³-hybridized carbons (Fsp3) is 0.500. The maximum atomic E-state index is 5.62. The van der Waals surface area contributed by atoms with Crippen LogP contribution in [0.2, 0.25) is 0 Å². The second kappa shape index (κ2) is 3.71. The molecule has 1 aliphatic rings. The molecule has 0 saturated heterocycles. The number of nitrogens with two attached hydrogens (primary N) is 1. The Bertz CT molecular complexity index is 177. The fourth-order valence-electron chi connectivity index (χ4n) is 0.811. The summed E-state index contributed by atoms with van der Waals surface area (Å²) in [4.78, 5) is 8.42. The summed E-state index contributed by atoms with van der Waals surface area (Å²) in [7, 11) is 0. The molecule has 0 atom stereocenters. The van der Waals surface area contributed by atoms with Crippen molar-refractivity contribution in [2.45, 2.75) is 12.8 Å². The average Bonchev–Trinajstić information content (AvgIpc) is 1.88. The normalized spacial score (nSPS) is 18.2. The van der Waals surface area contributed by atoms with E-state index in [1.165, 1.54) is 0 Å². The monoisotopic (exact) mass is 160 g/mol. The first-order valence-corrected chi connectivity index (χ1v) is 3.44. The van der Waals surface area contributed by atoms with Gasteiger partial charge in [0.25, 0.3) is 0 Å². The van der Waals surface area contributed by atoms with Gasteiger partial charge in [0.1, 0.15) is 11.8 Å². The summed E-state index contributed by atoms with van der Waals surface area (Å²) in [6, 6.07) is 0. The van der Waals surface area contributed by atoms with Crippen LogP contribution in [0.1, 0.15) is 12.8 Å². The molecule has 0 bridgehead atoms. The molecule has 0 aromatic heterocycles. The van der Waals surface area contributed by atoms with Gasteiger partial charge < -0.3 is 0 Å². The number of rotatable bonds is 2. The minimum absolute atomic E-state index is 0.379. The van der Waals surface area contributed by atoms with Crippen LogP contribution in [0.4, 0.5) is 0 Å². The summed E-state index contributed by atoms with van der Waals surface area (Å²) in [5, 5.41) is 0.540. The lowest BCUT2D eigenvalue weighted by atomic mass is 10.2. The van der Waals surface area contributed by atoms with Gasteiger partial charge in [-0.25, -0.2) is 10.9 Å². The first kappa shape index (κ1) is 7.72. The fourth-order valence-corrected chi connectivity index (χ4v) is 1.04. The number of hydrogen-bond acceptors (Lipinski definition) is 3. The highest BCUT2D eigenvalue weighted by Gasteiger charge is 2.04. The molecule has 3 nitrogen and oxygen atoms in total. The zero-order chi connectivity index (χ0) is 7.40. The van der Waals surface area contributed by atoms with Crippen LogP contribution in [0.3, 0.4) is 0 Å². The predicted molar refractivity (Wildman–Crippen MR) is 40.7 cm³/mol. The largest absolute Gasteiger partial charge is 0.299 e. The van der Waals surface area contributed by atoms with Crippen LogP contribution in [0.25, 0.3) is 0 Å².